The third-order valence-corrected chi connectivity index (χ3v) is 4.30. The average molecular weight is 342 g/mol. The van der Waals surface area contributed by atoms with E-state index in [1.54, 1.807) is 4.72 Å². The van der Waals surface area contributed by atoms with Crippen LogP contribution in [0.1, 0.15) is 11.1 Å². The lowest BCUT2D eigenvalue weighted by molar-refractivity contribution is 0.282. The molecule has 0 aliphatic carbocycles. The molecule has 2 N–H and O–H groups in total. The number of nitrogens with zero attached hydrogens (tertiary/aromatic N) is 1. The van der Waals surface area contributed by atoms with E-state index in [-0.39, 0.29) is 5.56 Å². The maximum Gasteiger partial charge on any atom is 0.267 e. The van der Waals surface area contributed by atoms with E-state index in [0.29, 0.717) is 12.1 Å². The molecular weight excluding hydrogens is 333 g/mol. The van der Waals surface area contributed by atoms with Crippen molar-refractivity contribution in [2.24, 2.45) is 0 Å². The number of hydrogen-bond acceptors (Lipinski definition) is 4. The van der Waals surface area contributed by atoms with Crippen LogP contribution >= 0.6 is 0 Å². The minimum atomic E-state index is -4.82. The molecule has 120 valence electrons. The Bertz CT molecular complexity index is 885. The number of aliphatic hydroxyl groups excluding tert-OH is 1. The molecule has 2 aromatic rings. The number of benzene rings is 2. The number of anilines is 1. The fourth-order valence-electron chi connectivity index (χ4n) is 1.88. The van der Waals surface area contributed by atoms with Gasteiger partial charge < -0.3 is 5.11 Å². The predicted octanol–water partition coefficient (Wildman–Crippen LogP) is 2.27. The Morgan fingerprint density at radius 1 is 1.13 bits per heavy atom. The summed E-state index contributed by atoms with van der Waals surface area (Å²) in [7, 11) is -4.82. The Morgan fingerprint density at radius 2 is 1.74 bits per heavy atom. The van der Waals surface area contributed by atoms with Crippen LogP contribution in [-0.2, 0) is 16.6 Å². The van der Waals surface area contributed by atoms with Crippen LogP contribution in [0, 0.1) is 28.8 Å². The molecule has 0 aliphatic heterocycles. The van der Waals surface area contributed by atoms with Gasteiger partial charge in [-0.2, -0.15) is 5.26 Å². The van der Waals surface area contributed by atoms with Crippen molar-refractivity contribution in [3.05, 3.63) is 58.9 Å². The molecule has 0 atom stereocenters. The minimum absolute atomic E-state index is 0.108. The van der Waals surface area contributed by atoms with Crippen LogP contribution in [-0.4, -0.2) is 13.5 Å². The second-order valence-corrected chi connectivity index (χ2v) is 6.04. The molecule has 0 fully saturated rings. The van der Waals surface area contributed by atoms with Crippen molar-refractivity contribution in [1.29, 1.82) is 5.26 Å². The smallest absolute Gasteiger partial charge is 0.267 e. The van der Waals surface area contributed by atoms with Gasteiger partial charge in [0.2, 0.25) is 0 Å². The summed E-state index contributed by atoms with van der Waals surface area (Å²) in [5.74, 6) is -4.00. The van der Waals surface area contributed by atoms with E-state index < -0.39 is 50.2 Å². The summed E-state index contributed by atoms with van der Waals surface area (Å²) < 4.78 is 67.4. The first-order valence-electron chi connectivity index (χ1n) is 6.10. The van der Waals surface area contributed by atoms with Gasteiger partial charge in [0.1, 0.15) is 17.5 Å². The van der Waals surface area contributed by atoms with Crippen molar-refractivity contribution in [2.75, 3.05) is 4.72 Å². The van der Waals surface area contributed by atoms with E-state index in [2.05, 4.69) is 0 Å². The maximum absolute atomic E-state index is 13.8. The zero-order chi connectivity index (χ0) is 17.2. The highest BCUT2D eigenvalue weighted by Crippen LogP contribution is 2.26. The van der Waals surface area contributed by atoms with Crippen LogP contribution < -0.4 is 4.72 Å². The summed E-state index contributed by atoms with van der Waals surface area (Å²) >= 11 is 0. The summed E-state index contributed by atoms with van der Waals surface area (Å²) in [5.41, 5.74) is -1.12. The lowest BCUT2D eigenvalue weighted by Gasteiger charge is -2.13. The van der Waals surface area contributed by atoms with Crippen LogP contribution in [0.2, 0.25) is 0 Å². The van der Waals surface area contributed by atoms with Gasteiger partial charge in [-0.3, -0.25) is 4.72 Å². The molecule has 0 saturated carbocycles. The number of para-hydroxylation sites is 1. The fraction of sp³-hybridized carbons (Fsp3) is 0.0714. The molecule has 0 radical (unpaired) electrons. The van der Waals surface area contributed by atoms with E-state index in [1.165, 1.54) is 18.2 Å². The number of nitriles is 1. The van der Waals surface area contributed by atoms with E-state index >= 15 is 0 Å². The van der Waals surface area contributed by atoms with Crippen LogP contribution in [0.25, 0.3) is 0 Å². The van der Waals surface area contributed by atoms with Crippen molar-refractivity contribution in [3.63, 3.8) is 0 Å². The van der Waals surface area contributed by atoms with Crippen LogP contribution in [0.3, 0.4) is 0 Å². The number of halogens is 3. The van der Waals surface area contributed by atoms with Crippen molar-refractivity contribution >= 4 is 15.7 Å². The number of sulfonamides is 1. The molecule has 0 saturated heterocycles. The first-order valence-corrected chi connectivity index (χ1v) is 7.58. The highest BCUT2D eigenvalue weighted by atomic mass is 32.2. The third-order valence-electron chi connectivity index (χ3n) is 2.90. The minimum Gasteiger partial charge on any atom is -0.392 e. The number of hydrogen-bond donors (Lipinski definition) is 2. The van der Waals surface area contributed by atoms with Gasteiger partial charge in [0.05, 0.1) is 23.9 Å². The number of nitrogens with one attached hydrogen (secondary N) is 1. The van der Waals surface area contributed by atoms with Gasteiger partial charge in [0.25, 0.3) is 10.0 Å². The normalized spacial score (nSPS) is 11.1. The topological polar surface area (TPSA) is 90.2 Å². The summed E-state index contributed by atoms with van der Waals surface area (Å²) in [6.45, 7) is -0.687. The zero-order valence-corrected chi connectivity index (χ0v) is 12.2. The molecule has 0 unspecified atom stereocenters. The standard InChI is InChI=1S/C14H9F3N2O3S/c15-10-3-1-2-9(7-20)13(10)19-23(21,22)14-11(16)4-8(6-18)5-12(14)17/h1-5,19-20H,7H2. The quantitative estimate of drug-likeness (QED) is 0.892. The van der Waals surface area contributed by atoms with Gasteiger partial charge in [0, 0.05) is 5.56 Å². The second kappa shape index (κ2) is 6.28. The molecule has 0 aliphatic rings. The molecule has 0 spiro atoms. The van der Waals surface area contributed by atoms with Crippen LogP contribution in [0.4, 0.5) is 18.9 Å². The van der Waals surface area contributed by atoms with E-state index in [4.69, 9.17) is 10.4 Å². The van der Waals surface area contributed by atoms with Crippen molar-refractivity contribution in [3.8, 4) is 6.07 Å². The molecule has 23 heavy (non-hydrogen) atoms. The third kappa shape index (κ3) is 3.28. The highest BCUT2D eigenvalue weighted by molar-refractivity contribution is 7.92. The average Bonchev–Trinajstić information content (AvgIpc) is 2.48. The SMILES string of the molecule is N#Cc1cc(F)c(S(=O)(=O)Nc2c(F)cccc2CO)c(F)c1. The highest BCUT2D eigenvalue weighted by Gasteiger charge is 2.27. The van der Waals surface area contributed by atoms with Crippen molar-refractivity contribution in [2.45, 2.75) is 11.5 Å². The molecule has 2 rings (SSSR count). The van der Waals surface area contributed by atoms with Gasteiger partial charge in [-0.1, -0.05) is 12.1 Å². The van der Waals surface area contributed by atoms with Gasteiger partial charge in [-0.05, 0) is 18.2 Å². The predicted molar refractivity (Wildman–Crippen MR) is 74.2 cm³/mol. The lowest BCUT2D eigenvalue weighted by atomic mass is 10.2. The van der Waals surface area contributed by atoms with E-state index in [9.17, 15) is 21.6 Å². The molecule has 5 nitrogen and oxygen atoms in total. The molecule has 2 aromatic carbocycles. The molecule has 0 bridgehead atoms. The van der Waals surface area contributed by atoms with Crippen molar-refractivity contribution in [1.82, 2.24) is 0 Å². The Morgan fingerprint density at radius 3 is 2.26 bits per heavy atom. The lowest BCUT2D eigenvalue weighted by Crippen LogP contribution is -2.18. The number of rotatable bonds is 4. The molecule has 0 heterocycles. The van der Waals surface area contributed by atoms with E-state index in [1.807, 2.05) is 0 Å². The first kappa shape index (κ1) is 16.8. The Balaban J connectivity index is 2.56. The van der Waals surface area contributed by atoms with Crippen molar-refractivity contribution < 1.29 is 26.7 Å². The zero-order valence-electron chi connectivity index (χ0n) is 11.3. The van der Waals surface area contributed by atoms with Gasteiger partial charge in [-0.15, -0.1) is 0 Å². The molecule has 9 heteroatoms. The Labute approximate surface area is 129 Å². The number of aliphatic hydroxyl groups is 1. The van der Waals surface area contributed by atoms with Crippen LogP contribution in [0.15, 0.2) is 35.2 Å². The molecule has 0 aromatic heterocycles. The van der Waals surface area contributed by atoms with Gasteiger partial charge in [0.15, 0.2) is 4.90 Å². The Kier molecular flexibility index (Phi) is 4.58. The largest absolute Gasteiger partial charge is 0.392 e. The van der Waals surface area contributed by atoms with Crippen LogP contribution in [0.5, 0.6) is 0 Å². The second-order valence-electron chi connectivity index (χ2n) is 4.42. The monoisotopic (exact) mass is 342 g/mol. The van der Waals surface area contributed by atoms with Gasteiger partial charge >= 0.3 is 0 Å². The fourth-order valence-corrected chi connectivity index (χ4v) is 3.11. The summed E-state index contributed by atoms with van der Waals surface area (Å²) in [6.07, 6.45) is 0. The molecule has 0 amide bonds. The van der Waals surface area contributed by atoms with Gasteiger partial charge in [-0.25, -0.2) is 21.6 Å². The molecular formula is C14H9F3N2O3S. The van der Waals surface area contributed by atoms with E-state index in [0.717, 1.165) is 6.07 Å². The maximum atomic E-state index is 13.8. The Hall–Kier alpha value is -2.57. The first-order chi connectivity index (χ1) is 10.8. The summed E-state index contributed by atoms with van der Waals surface area (Å²) in [5, 5.41) is 17.7. The summed E-state index contributed by atoms with van der Waals surface area (Å²) in [6, 6.07) is 5.97. The summed E-state index contributed by atoms with van der Waals surface area (Å²) in [4.78, 5) is -1.34.